The number of piperidine rings is 1. The van der Waals surface area contributed by atoms with Crippen LogP contribution in [0.25, 0.3) is 0 Å². The minimum absolute atomic E-state index is 0.0683. The zero-order valence-electron chi connectivity index (χ0n) is 16.2. The van der Waals surface area contributed by atoms with Crippen LogP contribution < -0.4 is 4.90 Å². The summed E-state index contributed by atoms with van der Waals surface area (Å²) in [5.74, 6) is 0.936. The van der Waals surface area contributed by atoms with Gasteiger partial charge < -0.3 is 9.80 Å². The minimum Gasteiger partial charge on any atom is -0.342 e. The molecule has 4 rings (SSSR count). The Morgan fingerprint density at radius 2 is 1.90 bits per heavy atom. The van der Waals surface area contributed by atoms with Gasteiger partial charge in [0, 0.05) is 43.7 Å². The van der Waals surface area contributed by atoms with Gasteiger partial charge in [-0.3, -0.25) is 9.59 Å². The van der Waals surface area contributed by atoms with Gasteiger partial charge in [0.1, 0.15) is 5.82 Å². The number of aromatic nitrogens is 1. The van der Waals surface area contributed by atoms with Crippen LogP contribution in [-0.4, -0.2) is 47.1 Å². The maximum atomic E-state index is 13.1. The van der Waals surface area contributed by atoms with Crippen LogP contribution in [0, 0.1) is 17.7 Å². The van der Waals surface area contributed by atoms with Crippen LogP contribution in [0.2, 0.25) is 0 Å². The van der Waals surface area contributed by atoms with Crippen LogP contribution in [0.3, 0.4) is 0 Å². The van der Waals surface area contributed by atoms with Crippen molar-refractivity contribution in [2.45, 2.75) is 24.3 Å². The Labute approximate surface area is 174 Å². The van der Waals surface area contributed by atoms with Gasteiger partial charge in [0.25, 0.3) is 0 Å². The molecule has 0 bridgehead atoms. The molecule has 1 atom stereocenters. The predicted molar refractivity (Wildman–Crippen MR) is 111 cm³/mol. The first-order chi connectivity index (χ1) is 14.1. The molecule has 2 aliphatic rings. The highest BCUT2D eigenvalue weighted by Gasteiger charge is 2.38. The number of pyridine rings is 1. The predicted octanol–water partition coefficient (Wildman–Crippen LogP) is 3.60. The van der Waals surface area contributed by atoms with Crippen molar-refractivity contribution in [1.29, 1.82) is 0 Å². The number of benzene rings is 1. The first-order valence-corrected chi connectivity index (χ1v) is 11.0. The highest BCUT2D eigenvalue weighted by molar-refractivity contribution is 7.99. The van der Waals surface area contributed by atoms with Crippen molar-refractivity contribution in [1.82, 2.24) is 9.88 Å². The third-order valence-corrected chi connectivity index (χ3v) is 6.82. The summed E-state index contributed by atoms with van der Waals surface area (Å²) in [7, 11) is 0. The Morgan fingerprint density at radius 1 is 1.14 bits per heavy atom. The standard InChI is InChI=1S/C22H24FN3O2S/c23-18-4-6-19(7-5-18)26-14-17(13-21(26)27)22(28)25-11-8-16(9-12-25)15-29-20-3-1-2-10-24-20/h1-7,10,16-17H,8-9,11-15H2/t17-/m0/s1. The summed E-state index contributed by atoms with van der Waals surface area (Å²) in [6.45, 7) is 1.86. The van der Waals surface area contributed by atoms with Crippen molar-refractivity contribution in [3.8, 4) is 0 Å². The number of carbonyl (C=O) groups is 2. The van der Waals surface area contributed by atoms with Crippen molar-refractivity contribution in [2.75, 3.05) is 30.3 Å². The van der Waals surface area contributed by atoms with Crippen molar-refractivity contribution >= 4 is 29.3 Å². The molecule has 0 spiro atoms. The summed E-state index contributed by atoms with van der Waals surface area (Å²) in [6, 6.07) is 11.8. The first kappa shape index (κ1) is 19.9. The first-order valence-electron chi connectivity index (χ1n) is 9.98. The number of hydrogen-bond donors (Lipinski definition) is 0. The van der Waals surface area contributed by atoms with E-state index in [1.807, 2.05) is 29.3 Å². The van der Waals surface area contributed by atoms with Crippen molar-refractivity contribution < 1.29 is 14.0 Å². The molecule has 0 saturated carbocycles. The van der Waals surface area contributed by atoms with E-state index in [-0.39, 0.29) is 30.0 Å². The third kappa shape index (κ3) is 4.78. The summed E-state index contributed by atoms with van der Waals surface area (Å²) in [5, 5.41) is 1.04. The second-order valence-corrected chi connectivity index (χ2v) is 8.67. The molecule has 0 aliphatic carbocycles. The molecule has 1 aromatic heterocycles. The fraction of sp³-hybridized carbons (Fsp3) is 0.409. The Hall–Kier alpha value is -2.41. The highest BCUT2D eigenvalue weighted by atomic mass is 32.2. The molecule has 3 heterocycles. The number of rotatable bonds is 5. The van der Waals surface area contributed by atoms with E-state index in [2.05, 4.69) is 4.98 Å². The van der Waals surface area contributed by atoms with E-state index in [1.54, 1.807) is 28.8 Å². The number of anilines is 1. The van der Waals surface area contributed by atoms with Crippen molar-refractivity contribution in [3.05, 3.63) is 54.5 Å². The number of carbonyl (C=O) groups excluding carboxylic acids is 2. The number of likely N-dealkylation sites (tertiary alicyclic amines) is 1. The van der Waals surface area contributed by atoms with Gasteiger partial charge in [-0.1, -0.05) is 6.07 Å². The lowest BCUT2D eigenvalue weighted by atomic mass is 9.97. The Balaban J connectivity index is 1.27. The molecular weight excluding hydrogens is 389 g/mol. The Kier molecular flexibility index (Phi) is 6.13. The van der Waals surface area contributed by atoms with Gasteiger partial charge >= 0.3 is 0 Å². The van der Waals surface area contributed by atoms with Crippen molar-refractivity contribution in [2.24, 2.45) is 11.8 Å². The molecule has 0 N–H and O–H groups in total. The average Bonchev–Trinajstić information content (AvgIpc) is 3.15. The maximum Gasteiger partial charge on any atom is 0.228 e. The van der Waals surface area contributed by atoms with Crippen LogP contribution in [0.5, 0.6) is 0 Å². The van der Waals surface area contributed by atoms with E-state index >= 15 is 0 Å². The van der Waals surface area contributed by atoms with Crippen LogP contribution in [0.4, 0.5) is 10.1 Å². The van der Waals surface area contributed by atoms with Gasteiger partial charge in [-0.2, -0.15) is 0 Å². The van der Waals surface area contributed by atoms with Crippen LogP contribution in [0.15, 0.2) is 53.7 Å². The second kappa shape index (κ2) is 8.95. The SMILES string of the molecule is O=C([C@H]1CC(=O)N(c2ccc(F)cc2)C1)N1CCC(CSc2ccccn2)CC1. The topological polar surface area (TPSA) is 53.5 Å². The summed E-state index contributed by atoms with van der Waals surface area (Å²) in [4.78, 5) is 33.2. The number of nitrogens with zero attached hydrogens (tertiary/aromatic N) is 3. The summed E-state index contributed by atoms with van der Waals surface area (Å²) in [6.07, 6.45) is 4.00. The van der Waals surface area contributed by atoms with Gasteiger partial charge in [0.15, 0.2) is 0 Å². The van der Waals surface area contributed by atoms with E-state index in [1.165, 1.54) is 12.1 Å². The zero-order chi connectivity index (χ0) is 20.2. The number of halogens is 1. The highest BCUT2D eigenvalue weighted by Crippen LogP contribution is 2.29. The molecule has 2 fully saturated rings. The van der Waals surface area contributed by atoms with Crippen molar-refractivity contribution in [3.63, 3.8) is 0 Å². The van der Waals surface area contributed by atoms with E-state index in [0.717, 1.165) is 36.7 Å². The quantitative estimate of drug-likeness (QED) is 0.703. The van der Waals surface area contributed by atoms with Gasteiger partial charge in [-0.05, 0) is 55.2 Å². The summed E-state index contributed by atoms with van der Waals surface area (Å²) < 4.78 is 13.1. The largest absolute Gasteiger partial charge is 0.342 e. The van der Waals surface area contributed by atoms with Crippen LogP contribution >= 0.6 is 11.8 Å². The van der Waals surface area contributed by atoms with E-state index in [4.69, 9.17) is 0 Å². The molecule has 2 aromatic rings. The fourth-order valence-corrected chi connectivity index (χ4v) is 5.01. The van der Waals surface area contributed by atoms with Gasteiger partial charge in [-0.15, -0.1) is 11.8 Å². The second-order valence-electron chi connectivity index (χ2n) is 7.63. The molecule has 0 radical (unpaired) electrons. The smallest absolute Gasteiger partial charge is 0.228 e. The lowest BCUT2D eigenvalue weighted by Gasteiger charge is -2.33. The Morgan fingerprint density at radius 3 is 2.59 bits per heavy atom. The molecule has 29 heavy (non-hydrogen) atoms. The van der Waals surface area contributed by atoms with E-state index in [0.29, 0.717) is 18.2 Å². The van der Waals surface area contributed by atoms with Gasteiger partial charge in [0.2, 0.25) is 11.8 Å². The molecule has 2 saturated heterocycles. The maximum absolute atomic E-state index is 13.1. The number of hydrogen-bond acceptors (Lipinski definition) is 4. The molecule has 5 nitrogen and oxygen atoms in total. The monoisotopic (exact) mass is 413 g/mol. The number of thioether (sulfide) groups is 1. The van der Waals surface area contributed by atoms with Gasteiger partial charge in [0.05, 0.1) is 10.9 Å². The number of amides is 2. The van der Waals surface area contributed by atoms with Gasteiger partial charge in [-0.25, -0.2) is 9.37 Å². The minimum atomic E-state index is -0.336. The fourth-order valence-electron chi connectivity index (χ4n) is 3.96. The van der Waals surface area contributed by atoms with E-state index < -0.39 is 0 Å². The average molecular weight is 414 g/mol. The molecule has 7 heteroatoms. The molecule has 0 unspecified atom stereocenters. The zero-order valence-corrected chi connectivity index (χ0v) is 17.0. The van der Waals surface area contributed by atoms with Crippen LogP contribution in [-0.2, 0) is 9.59 Å². The molecular formula is C22H24FN3O2S. The molecule has 152 valence electrons. The molecule has 2 amide bonds. The summed E-state index contributed by atoms with van der Waals surface area (Å²) >= 11 is 1.77. The molecule has 1 aromatic carbocycles. The lowest BCUT2D eigenvalue weighted by Crippen LogP contribution is -2.42. The summed E-state index contributed by atoms with van der Waals surface area (Å²) in [5.41, 5.74) is 0.650. The Bertz CT molecular complexity index is 854. The van der Waals surface area contributed by atoms with E-state index in [9.17, 15) is 14.0 Å². The lowest BCUT2D eigenvalue weighted by molar-refractivity contribution is -0.137. The van der Waals surface area contributed by atoms with Crippen LogP contribution in [0.1, 0.15) is 19.3 Å². The normalized spacial score (nSPS) is 20.3. The molecule has 2 aliphatic heterocycles. The third-order valence-electron chi connectivity index (χ3n) is 5.64.